The topological polar surface area (TPSA) is 37.3 Å². The maximum absolute atomic E-state index is 12.9. The molecule has 0 atom stereocenters. The molecule has 0 heterocycles. The normalized spacial score (nSPS) is 17.5. The summed E-state index contributed by atoms with van der Waals surface area (Å²) in [5, 5.41) is 8.83. The standard InChI is InChI=1S/C11H10ClFO2/c12-8-5-7(1-2-9(8)13)11(3-4-11)6-10(14)15/h1-2,5H,3-4,6H2,(H,14,15). The minimum Gasteiger partial charge on any atom is -0.481 e. The van der Waals surface area contributed by atoms with Gasteiger partial charge in [0.15, 0.2) is 0 Å². The summed E-state index contributed by atoms with van der Waals surface area (Å²) >= 11 is 5.66. The van der Waals surface area contributed by atoms with E-state index in [1.807, 2.05) is 0 Å². The average molecular weight is 229 g/mol. The number of rotatable bonds is 3. The molecule has 2 nitrogen and oxygen atoms in total. The summed E-state index contributed by atoms with van der Waals surface area (Å²) in [4.78, 5) is 10.7. The third-order valence-electron chi connectivity index (χ3n) is 2.88. The van der Waals surface area contributed by atoms with E-state index in [0.717, 1.165) is 18.4 Å². The number of carbonyl (C=O) groups is 1. The molecule has 1 aliphatic carbocycles. The number of benzene rings is 1. The Hall–Kier alpha value is -1.09. The molecule has 1 fully saturated rings. The van der Waals surface area contributed by atoms with E-state index in [9.17, 15) is 9.18 Å². The molecule has 0 radical (unpaired) electrons. The van der Waals surface area contributed by atoms with Gasteiger partial charge in [0.05, 0.1) is 11.4 Å². The lowest BCUT2D eigenvalue weighted by Crippen LogP contribution is -2.12. The fourth-order valence-electron chi connectivity index (χ4n) is 1.83. The second kappa shape index (κ2) is 3.49. The molecule has 0 amide bonds. The van der Waals surface area contributed by atoms with Crippen LogP contribution < -0.4 is 0 Å². The first-order chi connectivity index (χ1) is 7.03. The average Bonchev–Trinajstić information content (AvgIpc) is 2.89. The highest BCUT2D eigenvalue weighted by Crippen LogP contribution is 2.51. The van der Waals surface area contributed by atoms with E-state index in [2.05, 4.69) is 0 Å². The van der Waals surface area contributed by atoms with E-state index in [1.54, 1.807) is 6.07 Å². The first-order valence-corrected chi connectivity index (χ1v) is 5.09. The molecule has 0 aliphatic heterocycles. The summed E-state index contributed by atoms with van der Waals surface area (Å²) in [5.41, 5.74) is 0.528. The lowest BCUT2D eigenvalue weighted by Gasteiger charge is -2.13. The van der Waals surface area contributed by atoms with Crippen LogP contribution in [0.4, 0.5) is 4.39 Å². The Morgan fingerprint density at radius 3 is 2.67 bits per heavy atom. The van der Waals surface area contributed by atoms with E-state index >= 15 is 0 Å². The van der Waals surface area contributed by atoms with Crippen molar-refractivity contribution in [2.75, 3.05) is 0 Å². The Morgan fingerprint density at radius 2 is 2.20 bits per heavy atom. The van der Waals surface area contributed by atoms with Crippen molar-refractivity contribution >= 4 is 17.6 Å². The SMILES string of the molecule is O=C(O)CC1(c2ccc(F)c(Cl)c2)CC1. The zero-order valence-corrected chi connectivity index (χ0v) is 8.72. The van der Waals surface area contributed by atoms with Gasteiger partial charge >= 0.3 is 5.97 Å². The van der Waals surface area contributed by atoms with Crippen LogP contribution in [0.15, 0.2) is 18.2 Å². The molecule has 1 aromatic carbocycles. The van der Waals surface area contributed by atoms with Crippen LogP contribution in [0.25, 0.3) is 0 Å². The minimum atomic E-state index is -0.826. The van der Waals surface area contributed by atoms with Crippen LogP contribution in [-0.4, -0.2) is 11.1 Å². The van der Waals surface area contributed by atoms with Gasteiger partial charge in [0, 0.05) is 5.41 Å². The molecule has 0 bridgehead atoms. The Bertz CT molecular complexity index is 413. The van der Waals surface area contributed by atoms with Gasteiger partial charge in [-0.2, -0.15) is 0 Å². The number of hydrogen-bond acceptors (Lipinski definition) is 1. The number of halogens is 2. The molecule has 1 aliphatic rings. The Labute approximate surface area is 91.7 Å². The van der Waals surface area contributed by atoms with Crippen LogP contribution in [-0.2, 0) is 10.2 Å². The molecule has 1 saturated carbocycles. The summed E-state index contributed by atoms with van der Waals surface area (Å²) in [5.74, 6) is -1.29. The van der Waals surface area contributed by atoms with Crippen molar-refractivity contribution in [3.63, 3.8) is 0 Å². The van der Waals surface area contributed by atoms with E-state index in [0.29, 0.717) is 0 Å². The molecule has 15 heavy (non-hydrogen) atoms. The van der Waals surface area contributed by atoms with Crippen molar-refractivity contribution in [3.05, 3.63) is 34.6 Å². The van der Waals surface area contributed by atoms with Gasteiger partial charge < -0.3 is 5.11 Å². The molecule has 4 heteroatoms. The maximum Gasteiger partial charge on any atom is 0.304 e. The van der Waals surface area contributed by atoms with Crippen LogP contribution in [0.5, 0.6) is 0 Å². The molecule has 80 valence electrons. The van der Waals surface area contributed by atoms with Gasteiger partial charge in [-0.15, -0.1) is 0 Å². The van der Waals surface area contributed by atoms with Gasteiger partial charge in [0.1, 0.15) is 5.82 Å². The smallest absolute Gasteiger partial charge is 0.304 e. The predicted molar refractivity (Wildman–Crippen MR) is 54.6 cm³/mol. The van der Waals surface area contributed by atoms with Crippen molar-refractivity contribution in [1.82, 2.24) is 0 Å². The van der Waals surface area contributed by atoms with Gasteiger partial charge in [-0.3, -0.25) is 4.79 Å². The number of aliphatic carboxylic acids is 1. The van der Waals surface area contributed by atoms with Gasteiger partial charge in [-0.25, -0.2) is 4.39 Å². The highest BCUT2D eigenvalue weighted by atomic mass is 35.5. The van der Waals surface area contributed by atoms with E-state index in [1.165, 1.54) is 12.1 Å². The lowest BCUT2D eigenvalue weighted by atomic mass is 9.92. The predicted octanol–water partition coefficient (Wildman–Crippen LogP) is 2.99. The molecular weight excluding hydrogens is 219 g/mol. The molecule has 0 saturated heterocycles. The third-order valence-corrected chi connectivity index (χ3v) is 3.16. The Morgan fingerprint density at radius 1 is 1.53 bits per heavy atom. The molecule has 2 rings (SSSR count). The number of hydrogen-bond donors (Lipinski definition) is 1. The molecule has 0 unspecified atom stereocenters. The summed E-state index contributed by atoms with van der Waals surface area (Å²) in [7, 11) is 0. The van der Waals surface area contributed by atoms with Crippen molar-refractivity contribution < 1.29 is 14.3 Å². The van der Waals surface area contributed by atoms with Gasteiger partial charge in [-0.1, -0.05) is 17.7 Å². The summed E-state index contributed by atoms with van der Waals surface area (Å²) in [6, 6.07) is 4.45. The first-order valence-electron chi connectivity index (χ1n) is 4.71. The quantitative estimate of drug-likeness (QED) is 0.864. The highest BCUT2D eigenvalue weighted by molar-refractivity contribution is 6.30. The van der Waals surface area contributed by atoms with Gasteiger partial charge in [0.25, 0.3) is 0 Å². The molecule has 1 N–H and O–H groups in total. The molecule has 1 aromatic rings. The number of carboxylic acids is 1. The fourth-order valence-corrected chi connectivity index (χ4v) is 2.01. The molecule has 0 aromatic heterocycles. The largest absolute Gasteiger partial charge is 0.481 e. The summed E-state index contributed by atoms with van der Waals surface area (Å²) in [6.45, 7) is 0. The summed E-state index contributed by atoms with van der Waals surface area (Å²) < 4.78 is 12.9. The lowest BCUT2D eigenvalue weighted by molar-refractivity contribution is -0.137. The van der Waals surface area contributed by atoms with Crippen LogP contribution in [0.1, 0.15) is 24.8 Å². The van der Waals surface area contributed by atoms with Crippen LogP contribution >= 0.6 is 11.6 Å². The maximum atomic E-state index is 12.9. The van der Waals surface area contributed by atoms with E-state index < -0.39 is 11.8 Å². The Balaban J connectivity index is 2.29. The molecule has 0 spiro atoms. The van der Waals surface area contributed by atoms with Crippen molar-refractivity contribution in [2.24, 2.45) is 0 Å². The Kier molecular flexibility index (Phi) is 2.43. The number of carboxylic acid groups (broad SMARTS) is 1. The van der Waals surface area contributed by atoms with Crippen molar-refractivity contribution in [1.29, 1.82) is 0 Å². The van der Waals surface area contributed by atoms with Gasteiger partial charge in [0.2, 0.25) is 0 Å². The van der Waals surface area contributed by atoms with Gasteiger partial charge in [-0.05, 0) is 30.5 Å². The van der Waals surface area contributed by atoms with Crippen LogP contribution in [0.2, 0.25) is 5.02 Å². The second-order valence-corrected chi connectivity index (χ2v) is 4.39. The summed E-state index contributed by atoms with van der Waals surface area (Å²) in [6.07, 6.45) is 1.76. The van der Waals surface area contributed by atoms with Crippen LogP contribution in [0.3, 0.4) is 0 Å². The van der Waals surface area contributed by atoms with E-state index in [4.69, 9.17) is 16.7 Å². The zero-order chi connectivity index (χ0) is 11.1. The highest BCUT2D eigenvalue weighted by Gasteiger charge is 2.46. The minimum absolute atomic E-state index is 0.0594. The first kappa shape index (κ1) is 10.4. The van der Waals surface area contributed by atoms with Crippen molar-refractivity contribution in [2.45, 2.75) is 24.7 Å². The second-order valence-electron chi connectivity index (χ2n) is 3.98. The van der Waals surface area contributed by atoms with Crippen molar-refractivity contribution in [3.8, 4) is 0 Å². The van der Waals surface area contributed by atoms with E-state index in [-0.39, 0.29) is 16.9 Å². The third kappa shape index (κ3) is 1.97. The monoisotopic (exact) mass is 228 g/mol. The van der Waals surface area contributed by atoms with Crippen LogP contribution in [0, 0.1) is 5.82 Å². The zero-order valence-electron chi connectivity index (χ0n) is 7.96. The molecular formula is C11H10ClFO2. The fraction of sp³-hybridized carbons (Fsp3) is 0.364.